The summed E-state index contributed by atoms with van der Waals surface area (Å²) in [5.41, 5.74) is 1.84. The summed E-state index contributed by atoms with van der Waals surface area (Å²) in [5, 5.41) is 19.9. The van der Waals surface area contributed by atoms with Gasteiger partial charge in [-0.15, -0.1) is 31.7 Å². The van der Waals surface area contributed by atoms with Crippen molar-refractivity contribution < 1.29 is 9.15 Å². The minimum atomic E-state index is -0.122. The highest BCUT2D eigenvalue weighted by atomic mass is 32.2. The van der Waals surface area contributed by atoms with E-state index in [9.17, 15) is 0 Å². The van der Waals surface area contributed by atoms with Crippen molar-refractivity contribution in [3.63, 3.8) is 0 Å². The van der Waals surface area contributed by atoms with Gasteiger partial charge in [-0.1, -0.05) is 17.8 Å². The lowest BCUT2D eigenvalue weighted by Crippen LogP contribution is -2.01. The Bertz CT molecular complexity index is 1300. The average molecular weight is 463 g/mol. The first-order chi connectivity index (χ1) is 15.7. The lowest BCUT2D eigenvalue weighted by atomic mass is 10.2. The molecule has 0 aliphatic heterocycles. The number of benzene rings is 1. The molecule has 160 valence electrons. The fraction of sp³-hybridized carbons (Fsp3) is 0.136. The quantitative estimate of drug-likeness (QED) is 0.301. The Morgan fingerprint density at radius 3 is 2.53 bits per heavy atom. The van der Waals surface area contributed by atoms with Crippen molar-refractivity contribution >= 4 is 23.1 Å². The van der Waals surface area contributed by atoms with Crippen LogP contribution in [0.15, 0.2) is 75.9 Å². The number of methoxy groups -OCH3 is 1. The van der Waals surface area contributed by atoms with Crippen LogP contribution in [-0.4, -0.2) is 37.1 Å². The molecule has 0 saturated heterocycles. The fourth-order valence-electron chi connectivity index (χ4n) is 3.11. The average Bonchev–Trinajstić information content (AvgIpc) is 3.60. The number of aromatic nitrogens is 6. The molecular formula is C22H18N6O2S2. The van der Waals surface area contributed by atoms with Gasteiger partial charge < -0.3 is 9.15 Å². The molecule has 0 aliphatic carbocycles. The zero-order chi connectivity index (χ0) is 21.9. The second-order valence-electron chi connectivity index (χ2n) is 6.76. The van der Waals surface area contributed by atoms with Crippen molar-refractivity contribution in [3.05, 3.63) is 72.2 Å². The number of thiophene rings is 1. The molecule has 0 aliphatic rings. The van der Waals surface area contributed by atoms with Crippen LogP contribution < -0.4 is 4.74 Å². The largest absolute Gasteiger partial charge is 0.497 e. The smallest absolute Gasteiger partial charge is 0.257 e. The second-order valence-corrected chi connectivity index (χ2v) is 9.01. The zero-order valence-electron chi connectivity index (χ0n) is 17.2. The van der Waals surface area contributed by atoms with Gasteiger partial charge in [0.25, 0.3) is 5.89 Å². The topological polar surface area (TPSA) is 91.8 Å². The fourth-order valence-corrected chi connectivity index (χ4v) is 4.65. The first kappa shape index (κ1) is 20.4. The SMILES string of the molecule is COc1ccc(-n2c(SC(C)c3nnc(-c4cccs4)o3)nnc2-c2ccncc2)cc1. The van der Waals surface area contributed by atoms with Crippen LogP contribution in [0.5, 0.6) is 5.75 Å². The molecule has 0 fully saturated rings. The second kappa shape index (κ2) is 8.93. The van der Waals surface area contributed by atoms with Gasteiger partial charge in [-0.2, -0.15) is 0 Å². The van der Waals surface area contributed by atoms with Crippen LogP contribution in [0.3, 0.4) is 0 Å². The molecule has 4 heterocycles. The van der Waals surface area contributed by atoms with Gasteiger partial charge in [0.15, 0.2) is 11.0 Å². The molecule has 5 rings (SSSR count). The number of pyridine rings is 1. The first-order valence-electron chi connectivity index (χ1n) is 9.77. The van der Waals surface area contributed by atoms with E-state index in [0.717, 1.165) is 27.7 Å². The summed E-state index contributed by atoms with van der Waals surface area (Å²) in [7, 11) is 1.65. The number of hydrogen-bond acceptors (Lipinski definition) is 9. The van der Waals surface area contributed by atoms with Crippen molar-refractivity contribution in [1.29, 1.82) is 0 Å². The Balaban J connectivity index is 1.50. The van der Waals surface area contributed by atoms with E-state index >= 15 is 0 Å². The van der Waals surface area contributed by atoms with Gasteiger partial charge in [0.1, 0.15) is 5.75 Å². The van der Waals surface area contributed by atoms with Crippen LogP contribution >= 0.6 is 23.1 Å². The Morgan fingerprint density at radius 2 is 1.81 bits per heavy atom. The van der Waals surface area contributed by atoms with Gasteiger partial charge in [0, 0.05) is 23.6 Å². The van der Waals surface area contributed by atoms with Crippen LogP contribution in [0.4, 0.5) is 0 Å². The summed E-state index contributed by atoms with van der Waals surface area (Å²) >= 11 is 3.07. The summed E-state index contributed by atoms with van der Waals surface area (Å²) in [5.74, 6) is 2.56. The summed E-state index contributed by atoms with van der Waals surface area (Å²) in [6, 6.07) is 15.5. The van der Waals surface area contributed by atoms with Gasteiger partial charge in [-0.05, 0) is 54.8 Å². The molecule has 10 heteroatoms. The predicted octanol–water partition coefficient (Wildman–Crippen LogP) is 5.30. The summed E-state index contributed by atoms with van der Waals surface area (Å²) in [6.07, 6.45) is 3.48. The van der Waals surface area contributed by atoms with Crippen molar-refractivity contribution in [1.82, 2.24) is 29.9 Å². The molecule has 1 aromatic carbocycles. The standard InChI is InChI=1S/C22H18N6O2S2/c1-14(20-25-26-21(30-20)18-4-3-13-31-18)32-22-27-24-19(15-9-11-23-12-10-15)28(22)16-5-7-17(29-2)8-6-16/h3-14H,1-2H3. The van der Waals surface area contributed by atoms with E-state index in [1.54, 1.807) is 30.8 Å². The minimum Gasteiger partial charge on any atom is -0.497 e. The van der Waals surface area contributed by atoms with E-state index in [1.165, 1.54) is 11.8 Å². The number of thioether (sulfide) groups is 1. The Hall–Kier alpha value is -3.50. The summed E-state index contributed by atoms with van der Waals surface area (Å²) in [4.78, 5) is 5.05. The van der Waals surface area contributed by atoms with Crippen LogP contribution in [0.2, 0.25) is 0 Å². The maximum atomic E-state index is 5.91. The molecule has 0 spiro atoms. The van der Waals surface area contributed by atoms with Crippen LogP contribution in [0.25, 0.3) is 27.8 Å². The Kier molecular flexibility index (Phi) is 5.70. The molecule has 4 aromatic heterocycles. The van der Waals surface area contributed by atoms with Crippen LogP contribution in [-0.2, 0) is 0 Å². The van der Waals surface area contributed by atoms with Crippen molar-refractivity contribution in [2.75, 3.05) is 7.11 Å². The first-order valence-corrected chi connectivity index (χ1v) is 11.5. The summed E-state index contributed by atoms with van der Waals surface area (Å²) < 4.78 is 13.2. The van der Waals surface area contributed by atoms with Gasteiger partial charge >= 0.3 is 0 Å². The van der Waals surface area contributed by atoms with Crippen molar-refractivity contribution in [3.8, 4) is 33.6 Å². The van der Waals surface area contributed by atoms with E-state index in [0.29, 0.717) is 16.9 Å². The monoisotopic (exact) mass is 462 g/mol. The molecule has 5 aromatic rings. The number of ether oxygens (including phenoxy) is 1. The molecule has 0 saturated carbocycles. The maximum absolute atomic E-state index is 5.91. The molecule has 1 unspecified atom stereocenters. The van der Waals surface area contributed by atoms with Gasteiger partial charge in [0.2, 0.25) is 5.89 Å². The highest BCUT2D eigenvalue weighted by Crippen LogP contribution is 2.37. The Morgan fingerprint density at radius 1 is 1.00 bits per heavy atom. The molecule has 0 radical (unpaired) electrons. The summed E-state index contributed by atoms with van der Waals surface area (Å²) in [6.45, 7) is 2.01. The van der Waals surface area contributed by atoms with E-state index < -0.39 is 0 Å². The molecule has 0 amide bonds. The lowest BCUT2D eigenvalue weighted by molar-refractivity contribution is 0.414. The molecular weight excluding hydrogens is 444 g/mol. The van der Waals surface area contributed by atoms with Crippen LogP contribution in [0, 0.1) is 0 Å². The highest BCUT2D eigenvalue weighted by molar-refractivity contribution is 7.99. The van der Waals surface area contributed by atoms with Gasteiger partial charge in [0.05, 0.1) is 17.2 Å². The third-order valence-corrected chi connectivity index (χ3v) is 6.59. The molecule has 1 atom stereocenters. The van der Waals surface area contributed by atoms with Gasteiger partial charge in [-0.3, -0.25) is 9.55 Å². The van der Waals surface area contributed by atoms with Gasteiger partial charge in [-0.25, -0.2) is 0 Å². The minimum absolute atomic E-state index is 0.122. The zero-order valence-corrected chi connectivity index (χ0v) is 18.9. The maximum Gasteiger partial charge on any atom is 0.257 e. The molecule has 0 bridgehead atoms. The van der Waals surface area contributed by atoms with E-state index in [-0.39, 0.29) is 5.25 Å². The van der Waals surface area contributed by atoms with E-state index in [1.807, 2.05) is 65.4 Å². The van der Waals surface area contributed by atoms with Crippen LogP contribution in [0.1, 0.15) is 18.1 Å². The van der Waals surface area contributed by atoms with Crippen molar-refractivity contribution in [2.45, 2.75) is 17.3 Å². The third kappa shape index (κ3) is 4.02. The third-order valence-electron chi connectivity index (χ3n) is 4.71. The van der Waals surface area contributed by atoms with Crippen molar-refractivity contribution in [2.24, 2.45) is 0 Å². The molecule has 8 nitrogen and oxygen atoms in total. The lowest BCUT2D eigenvalue weighted by Gasteiger charge is -2.12. The van der Waals surface area contributed by atoms with E-state index in [4.69, 9.17) is 9.15 Å². The molecule has 32 heavy (non-hydrogen) atoms. The number of rotatable bonds is 7. The molecule has 0 N–H and O–H groups in total. The highest BCUT2D eigenvalue weighted by Gasteiger charge is 2.22. The number of nitrogens with zero attached hydrogens (tertiary/aromatic N) is 6. The predicted molar refractivity (Wildman–Crippen MR) is 123 cm³/mol. The number of hydrogen-bond donors (Lipinski definition) is 0. The Labute approximate surface area is 192 Å². The van der Waals surface area contributed by atoms with E-state index in [2.05, 4.69) is 25.4 Å². The normalized spacial score (nSPS) is 12.1.